The van der Waals surface area contributed by atoms with Gasteiger partial charge in [0, 0.05) is 6.54 Å². The zero-order valence-corrected chi connectivity index (χ0v) is 13.2. The number of carbonyl (C=O) groups is 1. The Balaban J connectivity index is 1.79. The van der Waals surface area contributed by atoms with Crippen LogP contribution in [-0.2, 0) is 16.1 Å². The summed E-state index contributed by atoms with van der Waals surface area (Å²) in [7, 11) is 1.68. The second-order valence-corrected chi connectivity index (χ2v) is 5.88. The highest BCUT2D eigenvalue weighted by Gasteiger charge is 2.26. The molecule has 0 unspecified atom stereocenters. The molecule has 0 amide bonds. The van der Waals surface area contributed by atoms with Crippen LogP contribution in [0.5, 0.6) is 5.75 Å². The molecule has 0 atom stereocenters. The summed E-state index contributed by atoms with van der Waals surface area (Å²) >= 11 is 0. The molecule has 2 rings (SSSR count). The first-order chi connectivity index (χ1) is 10.1. The van der Waals surface area contributed by atoms with E-state index in [1.165, 1.54) is 5.56 Å². The van der Waals surface area contributed by atoms with Crippen LogP contribution in [0.2, 0.25) is 0 Å². The largest absolute Gasteiger partial charge is 0.497 e. The number of hydrogen-bond donors (Lipinski definition) is 0. The average Bonchev–Trinajstić information content (AvgIpc) is 2.48. The highest BCUT2D eigenvalue weighted by molar-refractivity contribution is 5.72. The Bertz CT molecular complexity index is 448. The van der Waals surface area contributed by atoms with Gasteiger partial charge in [0.25, 0.3) is 0 Å². The van der Waals surface area contributed by atoms with Crippen molar-refractivity contribution >= 4 is 5.97 Å². The van der Waals surface area contributed by atoms with Crippen molar-refractivity contribution in [3.8, 4) is 5.75 Å². The molecule has 1 aliphatic rings. The summed E-state index contributed by atoms with van der Waals surface area (Å²) in [5.74, 6) is 0.919. The number of methoxy groups -OCH3 is 1. The van der Waals surface area contributed by atoms with Gasteiger partial charge in [-0.05, 0) is 57.5 Å². The van der Waals surface area contributed by atoms with E-state index >= 15 is 0 Å². The zero-order chi connectivity index (χ0) is 15.2. The molecule has 0 aromatic heterocycles. The quantitative estimate of drug-likeness (QED) is 0.782. The summed E-state index contributed by atoms with van der Waals surface area (Å²) in [5, 5.41) is 0. The van der Waals surface area contributed by atoms with Crippen LogP contribution in [0.1, 0.15) is 32.3 Å². The summed E-state index contributed by atoms with van der Waals surface area (Å²) in [6.45, 7) is 6.62. The van der Waals surface area contributed by atoms with Crippen LogP contribution in [0.3, 0.4) is 0 Å². The lowest BCUT2D eigenvalue weighted by Gasteiger charge is -2.31. The Morgan fingerprint density at radius 3 is 2.38 bits per heavy atom. The van der Waals surface area contributed by atoms with Gasteiger partial charge in [0.1, 0.15) is 5.75 Å². The molecular formula is C17H25NO3. The fourth-order valence-corrected chi connectivity index (χ4v) is 2.64. The van der Waals surface area contributed by atoms with E-state index in [0.717, 1.165) is 38.2 Å². The van der Waals surface area contributed by atoms with Crippen LogP contribution in [-0.4, -0.2) is 37.2 Å². The molecule has 21 heavy (non-hydrogen) atoms. The summed E-state index contributed by atoms with van der Waals surface area (Å²) in [6.07, 6.45) is 1.76. The van der Waals surface area contributed by atoms with Gasteiger partial charge < -0.3 is 9.47 Å². The number of nitrogens with zero attached hydrogens (tertiary/aromatic N) is 1. The third-order valence-electron chi connectivity index (χ3n) is 3.84. The molecule has 1 fully saturated rings. The molecule has 0 saturated carbocycles. The van der Waals surface area contributed by atoms with E-state index in [-0.39, 0.29) is 18.0 Å². The third kappa shape index (κ3) is 4.74. The molecule has 1 heterocycles. The van der Waals surface area contributed by atoms with Crippen molar-refractivity contribution in [3.05, 3.63) is 29.8 Å². The van der Waals surface area contributed by atoms with Gasteiger partial charge in [-0.15, -0.1) is 0 Å². The molecule has 0 aliphatic carbocycles. The zero-order valence-electron chi connectivity index (χ0n) is 13.2. The average molecular weight is 291 g/mol. The van der Waals surface area contributed by atoms with Gasteiger partial charge in [-0.1, -0.05) is 12.1 Å². The number of piperidine rings is 1. The lowest BCUT2D eigenvalue weighted by atomic mass is 9.96. The lowest BCUT2D eigenvalue weighted by Crippen LogP contribution is -2.37. The minimum atomic E-state index is -0.0332. The van der Waals surface area contributed by atoms with Crippen molar-refractivity contribution in [2.75, 3.05) is 20.2 Å². The van der Waals surface area contributed by atoms with E-state index < -0.39 is 0 Å². The molecule has 0 N–H and O–H groups in total. The molecule has 1 aromatic rings. The van der Waals surface area contributed by atoms with Crippen LogP contribution in [0.25, 0.3) is 0 Å². The summed E-state index contributed by atoms with van der Waals surface area (Å²) in [6, 6.07) is 8.17. The topological polar surface area (TPSA) is 38.8 Å². The predicted octanol–water partition coefficient (Wildman–Crippen LogP) is 2.86. The lowest BCUT2D eigenvalue weighted by molar-refractivity contribution is -0.154. The van der Waals surface area contributed by atoms with E-state index in [4.69, 9.17) is 9.47 Å². The van der Waals surface area contributed by atoms with Crippen LogP contribution >= 0.6 is 0 Å². The number of ether oxygens (including phenoxy) is 2. The van der Waals surface area contributed by atoms with E-state index in [1.54, 1.807) is 7.11 Å². The molecule has 4 heteroatoms. The number of rotatable bonds is 5. The summed E-state index contributed by atoms with van der Waals surface area (Å²) in [5.41, 5.74) is 1.28. The molecule has 0 bridgehead atoms. The summed E-state index contributed by atoms with van der Waals surface area (Å²) in [4.78, 5) is 14.3. The minimum Gasteiger partial charge on any atom is -0.497 e. The maximum Gasteiger partial charge on any atom is 0.309 e. The molecule has 1 aromatic carbocycles. The van der Waals surface area contributed by atoms with Gasteiger partial charge in [0.15, 0.2) is 0 Å². The maximum absolute atomic E-state index is 11.9. The molecule has 4 nitrogen and oxygen atoms in total. The van der Waals surface area contributed by atoms with Crippen molar-refractivity contribution in [3.63, 3.8) is 0 Å². The first kappa shape index (κ1) is 15.8. The van der Waals surface area contributed by atoms with Crippen molar-refractivity contribution < 1.29 is 14.3 Å². The van der Waals surface area contributed by atoms with Crippen LogP contribution < -0.4 is 4.74 Å². The van der Waals surface area contributed by atoms with Gasteiger partial charge in [0.05, 0.1) is 19.1 Å². The number of esters is 1. The fraction of sp³-hybridized carbons (Fsp3) is 0.588. The number of carbonyl (C=O) groups excluding carboxylic acids is 1. The van der Waals surface area contributed by atoms with Gasteiger partial charge in [0.2, 0.25) is 0 Å². The van der Waals surface area contributed by atoms with Crippen LogP contribution in [0.4, 0.5) is 0 Å². The Morgan fingerprint density at radius 2 is 1.86 bits per heavy atom. The van der Waals surface area contributed by atoms with Crippen molar-refractivity contribution in [2.45, 2.75) is 39.3 Å². The minimum absolute atomic E-state index is 0.0187. The molecule has 1 aliphatic heterocycles. The van der Waals surface area contributed by atoms with Crippen molar-refractivity contribution in [2.24, 2.45) is 5.92 Å². The standard InChI is InChI=1S/C17H25NO3/c1-13(2)21-17(19)15-8-10-18(11-9-15)12-14-4-6-16(20-3)7-5-14/h4-7,13,15H,8-12H2,1-3H3. The Morgan fingerprint density at radius 1 is 1.24 bits per heavy atom. The Hall–Kier alpha value is -1.55. The Kier molecular flexibility index (Phi) is 5.62. The normalized spacial score (nSPS) is 17.0. The Labute approximate surface area is 127 Å². The number of hydrogen-bond acceptors (Lipinski definition) is 4. The molecule has 1 saturated heterocycles. The molecule has 116 valence electrons. The van der Waals surface area contributed by atoms with Crippen LogP contribution in [0, 0.1) is 5.92 Å². The molecule has 0 radical (unpaired) electrons. The van der Waals surface area contributed by atoms with Crippen LogP contribution in [0.15, 0.2) is 24.3 Å². The van der Waals surface area contributed by atoms with Gasteiger partial charge in [-0.25, -0.2) is 0 Å². The second-order valence-electron chi connectivity index (χ2n) is 5.88. The van der Waals surface area contributed by atoms with Crippen molar-refractivity contribution in [1.82, 2.24) is 4.90 Å². The van der Waals surface area contributed by atoms with E-state index in [0.29, 0.717) is 0 Å². The fourth-order valence-electron chi connectivity index (χ4n) is 2.64. The van der Waals surface area contributed by atoms with E-state index in [2.05, 4.69) is 17.0 Å². The third-order valence-corrected chi connectivity index (χ3v) is 3.84. The number of likely N-dealkylation sites (tertiary alicyclic amines) is 1. The van der Waals surface area contributed by atoms with Crippen molar-refractivity contribution in [1.29, 1.82) is 0 Å². The van der Waals surface area contributed by atoms with E-state index in [1.807, 2.05) is 26.0 Å². The first-order valence-electron chi connectivity index (χ1n) is 7.64. The van der Waals surface area contributed by atoms with Gasteiger partial charge >= 0.3 is 5.97 Å². The predicted molar refractivity (Wildman–Crippen MR) is 82.2 cm³/mol. The molecular weight excluding hydrogens is 266 g/mol. The SMILES string of the molecule is COc1ccc(CN2CCC(C(=O)OC(C)C)CC2)cc1. The van der Waals surface area contributed by atoms with E-state index in [9.17, 15) is 4.79 Å². The molecule has 0 spiro atoms. The smallest absolute Gasteiger partial charge is 0.309 e. The highest BCUT2D eigenvalue weighted by Crippen LogP contribution is 2.21. The highest BCUT2D eigenvalue weighted by atomic mass is 16.5. The van der Waals surface area contributed by atoms with Gasteiger partial charge in [-0.3, -0.25) is 9.69 Å². The second kappa shape index (κ2) is 7.46. The summed E-state index contributed by atoms with van der Waals surface area (Å²) < 4.78 is 10.5. The first-order valence-corrected chi connectivity index (χ1v) is 7.64. The van der Waals surface area contributed by atoms with Gasteiger partial charge in [-0.2, -0.15) is 0 Å². The monoisotopic (exact) mass is 291 g/mol. The maximum atomic E-state index is 11.9. The number of benzene rings is 1.